The maximum absolute atomic E-state index is 12.8. The molecule has 1 saturated heterocycles. The number of piperidine rings is 1. The lowest BCUT2D eigenvalue weighted by atomic mass is 9.83. The lowest BCUT2D eigenvalue weighted by molar-refractivity contribution is -0.0792. The van der Waals surface area contributed by atoms with E-state index in [4.69, 9.17) is 4.74 Å². The molecule has 2 aliphatic heterocycles. The third-order valence-corrected chi connectivity index (χ3v) is 6.82. The van der Waals surface area contributed by atoms with Crippen molar-refractivity contribution in [2.75, 3.05) is 19.7 Å². The van der Waals surface area contributed by atoms with Crippen molar-refractivity contribution in [3.63, 3.8) is 0 Å². The molecular weight excluding hydrogens is 424 g/mol. The van der Waals surface area contributed by atoms with E-state index in [0.29, 0.717) is 12.4 Å². The number of nitrogens with one attached hydrogen (secondary N) is 3. The molecule has 30 heavy (non-hydrogen) atoms. The number of aromatic nitrogens is 4. The van der Waals surface area contributed by atoms with Crippen LogP contribution < -0.4 is 10.6 Å². The number of benzene rings is 1. The minimum atomic E-state index is -0.215. The molecule has 1 spiro atoms. The highest BCUT2D eigenvalue weighted by Crippen LogP contribution is 2.43. The number of fused-ring (bicyclic) bond motifs is 2. The zero-order valence-electron chi connectivity index (χ0n) is 16.3. The summed E-state index contributed by atoms with van der Waals surface area (Å²) in [5, 5.41) is 20.5. The first-order valence-corrected chi connectivity index (χ1v) is 10.6. The van der Waals surface area contributed by atoms with Gasteiger partial charge in [-0.2, -0.15) is 5.21 Å². The van der Waals surface area contributed by atoms with E-state index in [1.165, 1.54) is 10.4 Å². The Kier molecular flexibility index (Phi) is 6.14. The van der Waals surface area contributed by atoms with Gasteiger partial charge in [0.05, 0.1) is 17.1 Å². The molecule has 5 rings (SSSR count). The molecule has 1 amide bonds. The molecule has 3 N–H and O–H groups in total. The van der Waals surface area contributed by atoms with Crippen molar-refractivity contribution >= 4 is 29.7 Å². The standard InChI is InChI=1S/C20H22N6O2S.ClH/c27-19(22-12-13-2-1-3-14(10-13)18-23-25-26-24-18)17-11-15-16(29-17)4-9-28-20(15)5-7-21-8-6-20;/h1-3,10-11,21H,4-9,12H2,(H,22,27)(H,23,24,25,26);1H. The van der Waals surface area contributed by atoms with Crippen LogP contribution in [0.2, 0.25) is 0 Å². The average molecular weight is 447 g/mol. The second-order valence-electron chi connectivity index (χ2n) is 7.41. The summed E-state index contributed by atoms with van der Waals surface area (Å²) in [6.45, 7) is 3.08. The van der Waals surface area contributed by atoms with Crippen molar-refractivity contribution in [2.45, 2.75) is 31.4 Å². The van der Waals surface area contributed by atoms with Crippen LogP contribution >= 0.6 is 23.7 Å². The third-order valence-electron chi connectivity index (χ3n) is 5.63. The number of hydrogen-bond acceptors (Lipinski definition) is 7. The molecule has 0 atom stereocenters. The summed E-state index contributed by atoms with van der Waals surface area (Å²) in [5.41, 5.74) is 2.86. The Bertz CT molecular complexity index is 1020. The highest BCUT2D eigenvalue weighted by Gasteiger charge is 2.40. The first kappa shape index (κ1) is 20.9. The topological polar surface area (TPSA) is 105 Å². The molecular formula is C20H23ClN6O2S. The zero-order chi connectivity index (χ0) is 19.7. The molecule has 1 fully saturated rings. The molecule has 1 aromatic carbocycles. The van der Waals surface area contributed by atoms with Crippen LogP contribution in [0.15, 0.2) is 30.3 Å². The summed E-state index contributed by atoms with van der Waals surface area (Å²) in [6, 6.07) is 9.83. The Labute approximate surface area is 184 Å². The van der Waals surface area contributed by atoms with Crippen molar-refractivity contribution in [3.8, 4) is 11.4 Å². The summed E-state index contributed by atoms with van der Waals surface area (Å²) in [5.74, 6) is 0.495. The van der Waals surface area contributed by atoms with Crippen LogP contribution in [0.4, 0.5) is 0 Å². The predicted octanol–water partition coefficient (Wildman–Crippen LogP) is 2.43. The van der Waals surface area contributed by atoms with E-state index in [9.17, 15) is 4.79 Å². The second-order valence-corrected chi connectivity index (χ2v) is 8.55. The van der Waals surface area contributed by atoms with E-state index in [0.717, 1.165) is 55.0 Å². The molecule has 3 aromatic rings. The molecule has 2 aromatic heterocycles. The number of H-pyrrole nitrogens is 1. The van der Waals surface area contributed by atoms with Crippen LogP contribution in [-0.2, 0) is 23.3 Å². The van der Waals surface area contributed by atoms with Crippen LogP contribution in [0.5, 0.6) is 0 Å². The minimum Gasteiger partial charge on any atom is -0.370 e. The Hall–Kier alpha value is -2.33. The molecule has 0 aliphatic carbocycles. The van der Waals surface area contributed by atoms with Gasteiger partial charge in [-0.05, 0) is 54.4 Å². The average Bonchev–Trinajstić information content (AvgIpc) is 3.44. The fourth-order valence-electron chi connectivity index (χ4n) is 4.15. The van der Waals surface area contributed by atoms with Gasteiger partial charge in [-0.3, -0.25) is 4.79 Å². The van der Waals surface area contributed by atoms with Gasteiger partial charge in [-0.15, -0.1) is 33.9 Å². The summed E-state index contributed by atoms with van der Waals surface area (Å²) >= 11 is 1.60. The molecule has 0 bridgehead atoms. The van der Waals surface area contributed by atoms with Crippen LogP contribution in [-0.4, -0.2) is 46.2 Å². The van der Waals surface area contributed by atoms with Gasteiger partial charge in [0.25, 0.3) is 5.91 Å². The van der Waals surface area contributed by atoms with E-state index in [2.05, 4.69) is 37.3 Å². The van der Waals surface area contributed by atoms with Gasteiger partial charge < -0.3 is 15.4 Å². The SMILES string of the molecule is Cl.O=C(NCc1cccc(-c2nn[nH]n2)c1)c1cc2c(s1)CCOC21CCNCC1. The third kappa shape index (κ3) is 3.98. The summed E-state index contributed by atoms with van der Waals surface area (Å²) < 4.78 is 6.22. The molecule has 10 heteroatoms. The number of amides is 1. The number of halogens is 1. The minimum absolute atomic E-state index is 0. The van der Waals surface area contributed by atoms with Gasteiger partial charge in [-0.25, -0.2) is 0 Å². The summed E-state index contributed by atoms with van der Waals surface area (Å²) in [7, 11) is 0. The van der Waals surface area contributed by atoms with Crippen molar-refractivity contribution in [2.24, 2.45) is 0 Å². The van der Waals surface area contributed by atoms with Gasteiger partial charge in [0.2, 0.25) is 5.82 Å². The van der Waals surface area contributed by atoms with Gasteiger partial charge in [0.1, 0.15) is 0 Å². The largest absolute Gasteiger partial charge is 0.370 e. The highest BCUT2D eigenvalue weighted by atomic mass is 35.5. The number of aromatic amines is 1. The first-order valence-electron chi connectivity index (χ1n) is 9.82. The van der Waals surface area contributed by atoms with Crippen LogP contribution in [0.25, 0.3) is 11.4 Å². The van der Waals surface area contributed by atoms with E-state index >= 15 is 0 Å². The Morgan fingerprint density at radius 3 is 2.93 bits per heavy atom. The Balaban J connectivity index is 0.00000218. The summed E-state index contributed by atoms with van der Waals surface area (Å²) in [4.78, 5) is 14.9. The number of tetrazole rings is 1. The molecule has 2 aliphatic rings. The number of thiophene rings is 1. The van der Waals surface area contributed by atoms with Gasteiger partial charge in [-0.1, -0.05) is 18.2 Å². The molecule has 158 valence electrons. The molecule has 0 unspecified atom stereocenters. The number of rotatable bonds is 4. The van der Waals surface area contributed by atoms with E-state index < -0.39 is 0 Å². The van der Waals surface area contributed by atoms with Crippen molar-refractivity contribution < 1.29 is 9.53 Å². The fraction of sp³-hybridized carbons (Fsp3) is 0.400. The normalized spacial score (nSPS) is 17.2. The number of carbonyl (C=O) groups is 1. The quantitative estimate of drug-likeness (QED) is 0.568. The molecule has 8 nitrogen and oxygen atoms in total. The van der Waals surface area contributed by atoms with Crippen molar-refractivity contribution in [1.29, 1.82) is 0 Å². The molecule has 0 radical (unpaired) electrons. The van der Waals surface area contributed by atoms with Crippen LogP contribution in [0.1, 0.15) is 38.5 Å². The smallest absolute Gasteiger partial charge is 0.261 e. The lowest BCUT2D eigenvalue weighted by Gasteiger charge is -2.40. The van der Waals surface area contributed by atoms with E-state index in [-0.39, 0.29) is 23.9 Å². The lowest BCUT2D eigenvalue weighted by Crippen LogP contribution is -2.44. The Morgan fingerprint density at radius 1 is 1.27 bits per heavy atom. The van der Waals surface area contributed by atoms with Crippen molar-refractivity contribution in [1.82, 2.24) is 31.3 Å². The maximum atomic E-state index is 12.8. The van der Waals surface area contributed by atoms with Gasteiger partial charge in [0, 0.05) is 23.4 Å². The first-order chi connectivity index (χ1) is 14.2. The van der Waals surface area contributed by atoms with Crippen LogP contribution in [0, 0.1) is 0 Å². The second kappa shape index (κ2) is 8.81. The number of ether oxygens (including phenoxy) is 1. The summed E-state index contributed by atoms with van der Waals surface area (Å²) in [6.07, 6.45) is 2.80. The molecule has 4 heterocycles. The number of nitrogens with zero attached hydrogens (tertiary/aromatic N) is 3. The monoisotopic (exact) mass is 446 g/mol. The van der Waals surface area contributed by atoms with Gasteiger partial charge >= 0.3 is 0 Å². The van der Waals surface area contributed by atoms with Crippen LogP contribution in [0.3, 0.4) is 0 Å². The van der Waals surface area contributed by atoms with E-state index in [1.54, 1.807) is 11.3 Å². The fourth-order valence-corrected chi connectivity index (χ4v) is 5.29. The molecule has 0 saturated carbocycles. The van der Waals surface area contributed by atoms with Gasteiger partial charge in [0.15, 0.2) is 0 Å². The number of hydrogen-bond donors (Lipinski definition) is 3. The highest BCUT2D eigenvalue weighted by molar-refractivity contribution is 7.14. The predicted molar refractivity (Wildman–Crippen MR) is 116 cm³/mol. The Morgan fingerprint density at radius 2 is 2.13 bits per heavy atom. The van der Waals surface area contributed by atoms with Crippen molar-refractivity contribution in [3.05, 3.63) is 51.2 Å². The number of carbonyl (C=O) groups excluding carboxylic acids is 1. The van der Waals surface area contributed by atoms with E-state index in [1.807, 2.05) is 24.3 Å². The zero-order valence-corrected chi connectivity index (χ0v) is 17.9. The maximum Gasteiger partial charge on any atom is 0.261 e.